The van der Waals surface area contributed by atoms with Crippen molar-refractivity contribution in [2.24, 2.45) is 0 Å². The third-order valence-corrected chi connectivity index (χ3v) is 6.42. The summed E-state index contributed by atoms with van der Waals surface area (Å²) < 4.78 is 18.2. The van der Waals surface area contributed by atoms with Gasteiger partial charge in [0.1, 0.15) is 5.01 Å². The van der Waals surface area contributed by atoms with Crippen LogP contribution in [0.15, 0.2) is 54.6 Å². The number of benzene rings is 3. The van der Waals surface area contributed by atoms with Crippen molar-refractivity contribution < 1.29 is 19.0 Å². The molecule has 1 N–H and O–H groups in total. The Labute approximate surface area is 197 Å². The highest BCUT2D eigenvalue weighted by atomic mass is 127. The first kappa shape index (κ1) is 21.4. The van der Waals surface area contributed by atoms with Gasteiger partial charge in [-0.2, -0.15) is 0 Å². The standard InChI is InChI=1S/C23H19IN2O4S/c1-28-18-10-13(11-19(29-2)21(18)30-3)22(27)25-16-9-8-14(24)12-15(16)23-26-17-6-4-5-7-20(17)31-23/h4-12H,1-3H3,(H,25,27). The van der Waals surface area contributed by atoms with Crippen LogP contribution >= 0.6 is 33.9 Å². The summed E-state index contributed by atoms with van der Waals surface area (Å²) in [6.45, 7) is 0. The summed E-state index contributed by atoms with van der Waals surface area (Å²) >= 11 is 3.85. The van der Waals surface area contributed by atoms with Crippen LogP contribution in [0.4, 0.5) is 5.69 Å². The maximum atomic E-state index is 13.1. The molecule has 1 amide bonds. The number of halogens is 1. The zero-order chi connectivity index (χ0) is 22.0. The first-order valence-electron chi connectivity index (χ1n) is 9.31. The Hall–Kier alpha value is -2.85. The number of hydrogen-bond donors (Lipinski definition) is 1. The van der Waals surface area contributed by atoms with Gasteiger partial charge in [0, 0.05) is 14.7 Å². The Morgan fingerprint density at radius 1 is 0.968 bits per heavy atom. The first-order valence-corrected chi connectivity index (χ1v) is 11.2. The van der Waals surface area contributed by atoms with Gasteiger partial charge in [-0.25, -0.2) is 4.98 Å². The smallest absolute Gasteiger partial charge is 0.255 e. The highest BCUT2D eigenvalue weighted by molar-refractivity contribution is 14.1. The van der Waals surface area contributed by atoms with Gasteiger partial charge in [0.15, 0.2) is 11.5 Å². The molecule has 0 saturated heterocycles. The molecule has 1 heterocycles. The van der Waals surface area contributed by atoms with E-state index < -0.39 is 0 Å². The van der Waals surface area contributed by atoms with Crippen molar-refractivity contribution in [1.29, 1.82) is 0 Å². The molecule has 3 aromatic carbocycles. The fraction of sp³-hybridized carbons (Fsp3) is 0.130. The minimum Gasteiger partial charge on any atom is -0.493 e. The van der Waals surface area contributed by atoms with Gasteiger partial charge in [0.2, 0.25) is 5.75 Å². The summed E-state index contributed by atoms with van der Waals surface area (Å²) in [5.74, 6) is 0.982. The molecule has 0 fully saturated rings. The number of carbonyl (C=O) groups is 1. The Kier molecular flexibility index (Phi) is 6.28. The van der Waals surface area contributed by atoms with E-state index in [2.05, 4.69) is 27.9 Å². The van der Waals surface area contributed by atoms with Gasteiger partial charge in [-0.15, -0.1) is 11.3 Å². The number of hydrogen-bond acceptors (Lipinski definition) is 6. The van der Waals surface area contributed by atoms with Gasteiger partial charge in [0.25, 0.3) is 5.91 Å². The number of anilines is 1. The summed E-state index contributed by atoms with van der Waals surface area (Å²) in [5.41, 5.74) is 2.87. The Balaban J connectivity index is 1.72. The minimum atomic E-state index is -0.289. The van der Waals surface area contributed by atoms with Crippen molar-refractivity contribution >= 4 is 55.7 Å². The van der Waals surface area contributed by atoms with Crippen molar-refractivity contribution in [2.75, 3.05) is 26.6 Å². The van der Waals surface area contributed by atoms with E-state index in [1.807, 2.05) is 42.5 Å². The number of fused-ring (bicyclic) bond motifs is 1. The number of aromatic nitrogens is 1. The highest BCUT2D eigenvalue weighted by Gasteiger charge is 2.19. The van der Waals surface area contributed by atoms with E-state index in [1.165, 1.54) is 21.3 Å². The first-order chi connectivity index (χ1) is 15.0. The molecular formula is C23H19IN2O4S. The van der Waals surface area contributed by atoms with Crippen LogP contribution < -0.4 is 19.5 Å². The zero-order valence-corrected chi connectivity index (χ0v) is 20.0. The zero-order valence-electron chi connectivity index (χ0n) is 17.1. The number of para-hydroxylation sites is 1. The summed E-state index contributed by atoms with van der Waals surface area (Å²) in [7, 11) is 4.56. The number of methoxy groups -OCH3 is 3. The Morgan fingerprint density at radius 2 is 1.68 bits per heavy atom. The SMILES string of the molecule is COc1cc(C(=O)Nc2ccc(I)cc2-c2nc3ccccc3s2)cc(OC)c1OC. The molecule has 0 saturated carbocycles. The van der Waals surface area contributed by atoms with Gasteiger partial charge in [-0.3, -0.25) is 4.79 Å². The monoisotopic (exact) mass is 546 g/mol. The van der Waals surface area contributed by atoms with E-state index in [4.69, 9.17) is 19.2 Å². The second-order valence-electron chi connectivity index (χ2n) is 6.54. The molecule has 0 radical (unpaired) electrons. The van der Waals surface area contributed by atoms with E-state index >= 15 is 0 Å². The van der Waals surface area contributed by atoms with Gasteiger partial charge in [-0.05, 0) is 65.1 Å². The molecule has 4 aromatic rings. The van der Waals surface area contributed by atoms with Crippen LogP contribution in [0.3, 0.4) is 0 Å². The van der Waals surface area contributed by atoms with Crippen LogP contribution in [0.1, 0.15) is 10.4 Å². The summed E-state index contributed by atoms with van der Waals surface area (Å²) in [4.78, 5) is 17.9. The lowest BCUT2D eigenvalue weighted by molar-refractivity contribution is 0.102. The second kappa shape index (κ2) is 9.11. The van der Waals surface area contributed by atoms with Crippen molar-refractivity contribution in [1.82, 2.24) is 4.98 Å². The fourth-order valence-electron chi connectivity index (χ4n) is 3.20. The largest absolute Gasteiger partial charge is 0.493 e. The topological polar surface area (TPSA) is 69.7 Å². The molecule has 0 spiro atoms. The van der Waals surface area contributed by atoms with Crippen LogP contribution in [-0.2, 0) is 0 Å². The number of nitrogens with one attached hydrogen (secondary N) is 1. The normalized spacial score (nSPS) is 10.7. The van der Waals surface area contributed by atoms with E-state index in [9.17, 15) is 4.79 Å². The van der Waals surface area contributed by atoms with Gasteiger partial charge in [-0.1, -0.05) is 12.1 Å². The van der Waals surface area contributed by atoms with Crippen molar-refractivity contribution in [3.63, 3.8) is 0 Å². The molecule has 0 aliphatic heterocycles. The lowest BCUT2D eigenvalue weighted by Gasteiger charge is -2.15. The van der Waals surface area contributed by atoms with Gasteiger partial charge >= 0.3 is 0 Å². The molecule has 0 bridgehead atoms. The minimum absolute atomic E-state index is 0.289. The summed E-state index contributed by atoms with van der Waals surface area (Å²) in [6.07, 6.45) is 0. The highest BCUT2D eigenvalue weighted by Crippen LogP contribution is 2.39. The summed E-state index contributed by atoms with van der Waals surface area (Å²) in [5, 5.41) is 3.86. The molecule has 4 rings (SSSR count). The number of nitrogens with zero attached hydrogens (tertiary/aromatic N) is 1. The quantitative estimate of drug-likeness (QED) is 0.308. The second-order valence-corrected chi connectivity index (χ2v) is 8.82. The predicted octanol–water partition coefficient (Wildman–Crippen LogP) is 5.85. The molecule has 158 valence electrons. The number of rotatable bonds is 6. The fourth-order valence-corrected chi connectivity index (χ4v) is 4.68. The maximum Gasteiger partial charge on any atom is 0.255 e. The molecule has 6 nitrogen and oxygen atoms in total. The third kappa shape index (κ3) is 4.31. The Morgan fingerprint density at radius 3 is 2.32 bits per heavy atom. The lowest BCUT2D eigenvalue weighted by Crippen LogP contribution is -2.13. The molecule has 0 aliphatic carbocycles. The lowest BCUT2D eigenvalue weighted by atomic mass is 10.1. The molecule has 1 aromatic heterocycles. The van der Waals surface area contributed by atoms with Crippen LogP contribution in [0.5, 0.6) is 17.2 Å². The molecule has 31 heavy (non-hydrogen) atoms. The van der Waals surface area contributed by atoms with Crippen LogP contribution in [0, 0.1) is 3.57 Å². The number of carbonyl (C=O) groups excluding carboxylic acids is 1. The van der Waals surface area contributed by atoms with Crippen LogP contribution in [-0.4, -0.2) is 32.2 Å². The van der Waals surface area contributed by atoms with E-state index in [0.29, 0.717) is 28.5 Å². The van der Waals surface area contributed by atoms with E-state index in [1.54, 1.807) is 23.5 Å². The summed E-state index contributed by atoms with van der Waals surface area (Å²) in [6, 6.07) is 17.1. The van der Waals surface area contributed by atoms with E-state index in [0.717, 1.165) is 24.4 Å². The van der Waals surface area contributed by atoms with Crippen molar-refractivity contribution in [3.8, 4) is 27.8 Å². The molecule has 0 aliphatic rings. The van der Waals surface area contributed by atoms with Gasteiger partial charge in [0.05, 0.1) is 37.2 Å². The molecule has 0 unspecified atom stereocenters. The number of ether oxygens (including phenoxy) is 3. The van der Waals surface area contributed by atoms with Crippen LogP contribution in [0.25, 0.3) is 20.8 Å². The Bertz CT molecular complexity index is 1210. The average molecular weight is 546 g/mol. The van der Waals surface area contributed by atoms with Gasteiger partial charge < -0.3 is 19.5 Å². The van der Waals surface area contributed by atoms with Crippen molar-refractivity contribution in [3.05, 3.63) is 63.7 Å². The molecule has 8 heteroatoms. The van der Waals surface area contributed by atoms with E-state index in [-0.39, 0.29) is 5.91 Å². The average Bonchev–Trinajstić information content (AvgIpc) is 3.23. The maximum absolute atomic E-state index is 13.1. The third-order valence-electron chi connectivity index (χ3n) is 4.68. The number of amides is 1. The molecule has 0 atom stereocenters. The van der Waals surface area contributed by atoms with Crippen LogP contribution in [0.2, 0.25) is 0 Å². The molecular weight excluding hydrogens is 527 g/mol. The predicted molar refractivity (Wildman–Crippen MR) is 132 cm³/mol. The number of thiazole rings is 1. The van der Waals surface area contributed by atoms with Crippen molar-refractivity contribution in [2.45, 2.75) is 0 Å².